The van der Waals surface area contributed by atoms with Gasteiger partial charge in [-0.25, -0.2) is 0 Å². The number of carbonyl (C=O) groups is 1. The van der Waals surface area contributed by atoms with Crippen molar-refractivity contribution < 1.29 is 14.3 Å². The summed E-state index contributed by atoms with van der Waals surface area (Å²) in [6.45, 7) is 5.38. The van der Waals surface area contributed by atoms with E-state index in [4.69, 9.17) is 9.47 Å². The quantitative estimate of drug-likeness (QED) is 0.810. The van der Waals surface area contributed by atoms with Crippen LogP contribution in [0.25, 0.3) is 0 Å². The Labute approximate surface area is 127 Å². The summed E-state index contributed by atoms with van der Waals surface area (Å²) in [6.07, 6.45) is 3.91. The molecule has 0 radical (unpaired) electrons. The predicted molar refractivity (Wildman–Crippen MR) is 81.1 cm³/mol. The maximum absolute atomic E-state index is 12.0. The Morgan fingerprint density at radius 3 is 3.10 bits per heavy atom. The molecule has 0 aromatic heterocycles. The fourth-order valence-corrected chi connectivity index (χ4v) is 2.52. The van der Waals surface area contributed by atoms with E-state index >= 15 is 0 Å². The lowest BCUT2D eigenvalue weighted by atomic mass is 10.2. The van der Waals surface area contributed by atoms with Crippen LogP contribution in [0, 0.1) is 0 Å². The van der Waals surface area contributed by atoms with Gasteiger partial charge in [0.25, 0.3) is 5.91 Å². The zero-order chi connectivity index (χ0) is 14.4. The summed E-state index contributed by atoms with van der Waals surface area (Å²) in [5.41, 5.74) is 0.598. The summed E-state index contributed by atoms with van der Waals surface area (Å²) in [5, 5.41) is 2.89. The normalized spacial score (nSPS) is 17.8. The Morgan fingerprint density at radius 2 is 2.45 bits per heavy atom. The van der Waals surface area contributed by atoms with Gasteiger partial charge in [-0.2, -0.15) is 0 Å². The molecule has 1 saturated heterocycles. The molecular weight excluding hydrogens is 322 g/mol. The van der Waals surface area contributed by atoms with Crippen LogP contribution in [0.1, 0.15) is 23.2 Å². The van der Waals surface area contributed by atoms with Gasteiger partial charge in [0.2, 0.25) is 0 Å². The van der Waals surface area contributed by atoms with Crippen molar-refractivity contribution in [2.24, 2.45) is 0 Å². The summed E-state index contributed by atoms with van der Waals surface area (Å²) in [7, 11) is 0. The first-order valence-corrected chi connectivity index (χ1v) is 7.43. The number of nitrogens with one attached hydrogen (secondary N) is 1. The van der Waals surface area contributed by atoms with Crippen molar-refractivity contribution in [3.05, 3.63) is 40.9 Å². The molecule has 1 atom stereocenters. The highest BCUT2D eigenvalue weighted by atomic mass is 79.9. The monoisotopic (exact) mass is 339 g/mol. The van der Waals surface area contributed by atoms with Crippen LogP contribution in [-0.4, -0.2) is 31.8 Å². The maximum Gasteiger partial charge on any atom is 0.251 e. The lowest BCUT2D eigenvalue weighted by molar-refractivity contribution is 0.0857. The van der Waals surface area contributed by atoms with Gasteiger partial charge in [-0.05, 0) is 47.0 Å². The number of amides is 1. The molecule has 108 valence electrons. The van der Waals surface area contributed by atoms with E-state index in [1.165, 1.54) is 0 Å². The van der Waals surface area contributed by atoms with Crippen molar-refractivity contribution in [3.63, 3.8) is 0 Å². The van der Waals surface area contributed by atoms with Crippen LogP contribution in [-0.2, 0) is 4.74 Å². The van der Waals surface area contributed by atoms with E-state index in [1.54, 1.807) is 24.3 Å². The third-order valence-corrected chi connectivity index (χ3v) is 3.68. The largest absolute Gasteiger partial charge is 0.488 e. The highest BCUT2D eigenvalue weighted by Crippen LogP contribution is 2.26. The van der Waals surface area contributed by atoms with Crippen molar-refractivity contribution in [2.75, 3.05) is 19.8 Å². The number of carbonyl (C=O) groups excluding carboxylic acids is 1. The molecule has 20 heavy (non-hydrogen) atoms. The topological polar surface area (TPSA) is 47.6 Å². The number of ether oxygens (including phenoxy) is 2. The fourth-order valence-electron chi connectivity index (χ4n) is 2.02. The Morgan fingerprint density at radius 1 is 1.60 bits per heavy atom. The van der Waals surface area contributed by atoms with E-state index in [2.05, 4.69) is 27.8 Å². The van der Waals surface area contributed by atoms with E-state index < -0.39 is 0 Å². The molecule has 1 heterocycles. The minimum absolute atomic E-state index is 0.100. The van der Waals surface area contributed by atoms with Crippen molar-refractivity contribution >= 4 is 21.8 Å². The molecule has 1 aliphatic rings. The second-order valence-electron chi connectivity index (χ2n) is 4.59. The summed E-state index contributed by atoms with van der Waals surface area (Å²) >= 11 is 3.40. The van der Waals surface area contributed by atoms with Crippen LogP contribution < -0.4 is 10.1 Å². The molecule has 1 aliphatic heterocycles. The predicted octanol–water partition coefficient (Wildman–Crippen LogP) is 2.92. The lowest BCUT2D eigenvalue weighted by Crippen LogP contribution is -2.31. The van der Waals surface area contributed by atoms with Gasteiger partial charge >= 0.3 is 0 Å². The second kappa shape index (κ2) is 7.45. The van der Waals surface area contributed by atoms with E-state index in [9.17, 15) is 4.79 Å². The Kier molecular flexibility index (Phi) is 5.61. The smallest absolute Gasteiger partial charge is 0.251 e. The third kappa shape index (κ3) is 4.08. The Hall–Kier alpha value is -1.33. The van der Waals surface area contributed by atoms with Crippen LogP contribution in [0.3, 0.4) is 0 Å². The molecule has 1 aromatic carbocycles. The molecular formula is C15H18BrNO3. The molecule has 1 N–H and O–H groups in total. The molecule has 5 heteroatoms. The second-order valence-corrected chi connectivity index (χ2v) is 5.44. The van der Waals surface area contributed by atoms with E-state index in [0.29, 0.717) is 24.5 Å². The molecule has 1 aromatic rings. The number of hydrogen-bond donors (Lipinski definition) is 1. The van der Waals surface area contributed by atoms with Gasteiger partial charge in [-0.1, -0.05) is 12.7 Å². The molecule has 0 spiro atoms. The molecule has 0 unspecified atom stereocenters. The van der Waals surface area contributed by atoms with E-state index in [1.807, 2.05) is 0 Å². The van der Waals surface area contributed by atoms with Gasteiger partial charge < -0.3 is 14.8 Å². The van der Waals surface area contributed by atoms with E-state index in [0.717, 1.165) is 23.9 Å². The average molecular weight is 340 g/mol. The molecule has 0 bridgehead atoms. The van der Waals surface area contributed by atoms with Crippen molar-refractivity contribution in [2.45, 2.75) is 18.9 Å². The molecule has 1 amide bonds. The highest BCUT2D eigenvalue weighted by Gasteiger charge is 2.17. The fraction of sp³-hybridized carbons (Fsp3) is 0.400. The number of benzene rings is 1. The zero-order valence-corrected chi connectivity index (χ0v) is 12.8. The summed E-state index contributed by atoms with van der Waals surface area (Å²) in [4.78, 5) is 12.0. The maximum atomic E-state index is 12.0. The van der Waals surface area contributed by atoms with Crippen molar-refractivity contribution in [3.8, 4) is 5.75 Å². The minimum Gasteiger partial charge on any atom is -0.488 e. The molecule has 4 nitrogen and oxygen atoms in total. The minimum atomic E-state index is -0.100. The van der Waals surface area contributed by atoms with Gasteiger partial charge in [0.1, 0.15) is 12.4 Å². The summed E-state index contributed by atoms with van der Waals surface area (Å²) in [5.74, 6) is 0.594. The third-order valence-electron chi connectivity index (χ3n) is 3.07. The molecule has 0 aliphatic carbocycles. The van der Waals surface area contributed by atoms with Gasteiger partial charge in [-0.3, -0.25) is 4.79 Å². The van der Waals surface area contributed by atoms with Gasteiger partial charge in [-0.15, -0.1) is 0 Å². The first-order valence-electron chi connectivity index (χ1n) is 6.63. The molecule has 2 rings (SSSR count). The van der Waals surface area contributed by atoms with Crippen LogP contribution in [0.15, 0.2) is 35.3 Å². The summed E-state index contributed by atoms with van der Waals surface area (Å²) in [6, 6.07) is 5.27. The summed E-state index contributed by atoms with van der Waals surface area (Å²) < 4.78 is 11.7. The number of halogens is 1. The van der Waals surface area contributed by atoms with Gasteiger partial charge in [0.15, 0.2) is 0 Å². The Balaban J connectivity index is 1.92. The first-order chi connectivity index (χ1) is 9.70. The number of hydrogen-bond acceptors (Lipinski definition) is 3. The zero-order valence-electron chi connectivity index (χ0n) is 11.2. The average Bonchev–Trinajstić information content (AvgIpc) is 2.96. The van der Waals surface area contributed by atoms with Crippen LogP contribution >= 0.6 is 15.9 Å². The highest BCUT2D eigenvalue weighted by molar-refractivity contribution is 9.10. The van der Waals surface area contributed by atoms with Crippen LogP contribution in [0.4, 0.5) is 0 Å². The van der Waals surface area contributed by atoms with E-state index in [-0.39, 0.29) is 12.0 Å². The number of rotatable bonds is 6. The standard InChI is InChI=1S/C15H18BrNO3/c1-2-7-20-14-6-5-11(9-13(14)16)15(18)17-10-12-4-3-8-19-12/h2,5-6,9,12H,1,3-4,7-8,10H2,(H,17,18)/t12-/m0/s1. The first kappa shape index (κ1) is 15.1. The van der Waals surface area contributed by atoms with Crippen molar-refractivity contribution in [1.29, 1.82) is 0 Å². The van der Waals surface area contributed by atoms with Crippen LogP contribution in [0.5, 0.6) is 5.75 Å². The van der Waals surface area contributed by atoms with Crippen molar-refractivity contribution in [1.82, 2.24) is 5.32 Å². The molecule has 0 saturated carbocycles. The SMILES string of the molecule is C=CCOc1ccc(C(=O)NC[C@@H]2CCCO2)cc1Br. The van der Waals surface area contributed by atoms with Gasteiger partial charge in [0, 0.05) is 18.7 Å². The lowest BCUT2D eigenvalue weighted by Gasteiger charge is -2.12. The van der Waals surface area contributed by atoms with Crippen LogP contribution in [0.2, 0.25) is 0 Å². The Bertz CT molecular complexity index is 484. The van der Waals surface area contributed by atoms with Gasteiger partial charge in [0.05, 0.1) is 10.6 Å². The molecule has 1 fully saturated rings.